The average molecular weight is 300 g/mol. The largest absolute Gasteiger partial charge is 0.436 e. The number of hydrogen-bond donors (Lipinski definition) is 0. The number of nitrogens with zero attached hydrogens (tertiary/aromatic N) is 1. The molecule has 0 bridgehead atoms. The summed E-state index contributed by atoms with van der Waals surface area (Å²) < 4.78 is 32.1. The van der Waals surface area contributed by atoms with Gasteiger partial charge in [-0.15, -0.1) is 0 Å². The van der Waals surface area contributed by atoms with E-state index in [1.54, 1.807) is 6.92 Å². The van der Waals surface area contributed by atoms with Gasteiger partial charge in [0.15, 0.2) is 5.82 Å². The molecule has 1 aromatic heterocycles. The van der Waals surface area contributed by atoms with E-state index in [0.29, 0.717) is 15.8 Å². The third-order valence-corrected chi connectivity index (χ3v) is 2.55. The van der Waals surface area contributed by atoms with E-state index in [1.807, 2.05) is 0 Å². The summed E-state index contributed by atoms with van der Waals surface area (Å²) in [6, 6.07) is 5.25. The standard InChI is InChI=1S/C12H8BrF2NO/c1-7-4-9(14)2-3-11(7)17-12-10(15)5-8(13)6-16-12/h2-6H,1H3. The van der Waals surface area contributed by atoms with Crippen molar-refractivity contribution in [2.75, 3.05) is 0 Å². The van der Waals surface area contributed by atoms with Crippen LogP contribution < -0.4 is 4.74 Å². The summed E-state index contributed by atoms with van der Waals surface area (Å²) in [6.45, 7) is 1.68. The summed E-state index contributed by atoms with van der Waals surface area (Å²) in [5.74, 6) is -0.704. The molecule has 0 saturated heterocycles. The van der Waals surface area contributed by atoms with E-state index in [4.69, 9.17) is 4.74 Å². The van der Waals surface area contributed by atoms with E-state index in [9.17, 15) is 8.78 Å². The number of benzene rings is 1. The molecule has 0 fully saturated rings. The SMILES string of the molecule is Cc1cc(F)ccc1Oc1ncc(Br)cc1F. The summed E-state index contributed by atoms with van der Waals surface area (Å²) in [6.07, 6.45) is 1.43. The van der Waals surface area contributed by atoms with Crippen molar-refractivity contribution in [3.8, 4) is 11.6 Å². The molecular weight excluding hydrogens is 292 g/mol. The van der Waals surface area contributed by atoms with Crippen LogP contribution in [-0.4, -0.2) is 4.98 Å². The smallest absolute Gasteiger partial charge is 0.255 e. The molecular formula is C12H8BrF2NO. The lowest BCUT2D eigenvalue weighted by atomic mass is 10.2. The number of rotatable bonds is 2. The molecule has 17 heavy (non-hydrogen) atoms. The maximum Gasteiger partial charge on any atom is 0.255 e. The number of pyridine rings is 1. The summed E-state index contributed by atoms with van der Waals surface area (Å²) in [4.78, 5) is 3.80. The number of halogens is 3. The summed E-state index contributed by atoms with van der Waals surface area (Å²) >= 11 is 3.10. The molecule has 2 aromatic rings. The Morgan fingerprint density at radius 3 is 2.65 bits per heavy atom. The zero-order valence-electron chi connectivity index (χ0n) is 8.88. The highest BCUT2D eigenvalue weighted by atomic mass is 79.9. The number of hydrogen-bond acceptors (Lipinski definition) is 2. The molecule has 0 N–H and O–H groups in total. The summed E-state index contributed by atoms with van der Waals surface area (Å²) in [7, 11) is 0. The zero-order chi connectivity index (χ0) is 12.4. The van der Waals surface area contributed by atoms with E-state index < -0.39 is 5.82 Å². The van der Waals surface area contributed by atoms with Crippen LogP contribution in [0.2, 0.25) is 0 Å². The number of ether oxygens (including phenoxy) is 1. The van der Waals surface area contributed by atoms with Crippen LogP contribution in [0.3, 0.4) is 0 Å². The predicted molar refractivity (Wildman–Crippen MR) is 63.1 cm³/mol. The molecule has 0 unspecified atom stereocenters. The van der Waals surface area contributed by atoms with E-state index in [1.165, 1.54) is 30.5 Å². The van der Waals surface area contributed by atoms with E-state index in [2.05, 4.69) is 20.9 Å². The maximum atomic E-state index is 13.5. The van der Waals surface area contributed by atoms with Crippen LogP contribution in [0.15, 0.2) is 34.9 Å². The molecule has 0 atom stereocenters. The molecule has 0 amide bonds. The number of aryl methyl sites for hydroxylation is 1. The minimum absolute atomic E-state index is 0.136. The first-order chi connectivity index (χ1) is 8.06. The van der Waals surface area contributed by atoms with Gasteiger partial charge in [0.2, 0.25) is 0 Å². The minimum Gasteiger partial charge on any atom is -0.436 e. The quantitative estimate of drug-likeness (QED) is 0.828. The van der Waals surface area contributed by atoms with Crippen molar-refractivity contribution < 1.29 is 13.5 Å². The second kappa shape index (κ2) is 4.79. The van der Waals surface area contributed by atoms with Crippen molar-refractivity contribution in [3.63, 3.8) is 0 Å². The first kappa shape index (κ1) is 12.0. The lowest BCUT2D eigenvalue weighted by molar-refractivity contribution is 0.419. The van der Waals surface area contributed by atoms with Crippen LogP contribution in [-0.2, 0) is 0 Å². The van der Waals surface area contributed by atoms with Crippen molar-refractivity contribution in [1.82, 2.24) is 4.98 Å². The molecule has 0 aliphatic carbocycles. The van der Waals surface area contributed by atoms with Gasteiger partial charge in [0.05, 0.1) is 0 Å². The van der Waals surface area contributed by atoms with E-state index >= 15 is 0 Å². The molecule has 0 aliphatic heterocycles. The first-order valence-electron chi connectivity index (χ1n) is 4.81. The number of aromatic nitrogens is 1. The van der Waals surface area contributed by atoms with Crippen LogP contribution in [0.1, 0.15) is 5.56 Å². The first-order valence-corrected chi connectivity index (χ1v) is 5.60. The zero-order valence-corrected chi connectivity index (χ0v) is 10.5. The van der Waals surface area contributed by atoms with E-state index in [0.717, 1.165) is 0 Å². The predicted octanol–water partition coefficient (Wildman–Crippen LogP) is 4.22. The molecule has 1 aromatic carbocycles. The highest BCUT2D eigenvalue weighted by Gasteiger charge is 2.09. The van der Waals surface area contributed by atoms with Gasteiger partial charge in [-0.25, -0.2) is 13.8 Å². The van der Waals surface area contributed by atoms with Gasteiger partial charge in [0.1, 0.15) is 11.6 Å². The molecule has 0 saturated carbocycles. The molecule has 88 valence electrons. The molecule has 0 aliphatic rings. The topological polar surface area (TPSA) is 22.1 Å². The van der Waals surface area contributed by atoms with Gasteiger partial charge >= 0.3 is 0 Å². The Labute approximate surface area is 105 Å². The Balaban J connectivity index is 2.31. The van der Waals surface area contributed by atoms with Crippen molar-refractivity contribution in [3.05, 3.63) is 52.1 Å². The van der Waals surface area contributed by atoms with Crippen molar-refractivity contribution in [2.24, 2.45) is 0 Å². The Hall–Kier alpha value is -1.49. The summed E-state index contributed by atoms with van der Waals surface area (Å²) in [5.41, 5.74) is 0.578. The third kappa shape index (κ3) is 2.79. The van der Waals surface area contributed by atoms with Crippen LogP contribution in [0, 0.1) is 18.6 Å². The van der Waals surface area contributed by atoms with Crippen molar-refractivity contribution >= 4 is 15.9 Å². The molecule has 0 radical (unpaired) electrons. The Bertz CT molecular complexity index is 511. The van der Waals surface area contributed by atoms with Gasteiger partial charge in [0.25, 0.3) is 5.88 Å². The second-order valence-electron chi connectivity index (χ2n) is 3.45. The minimum atomic E-state index is -0.580. The van der Waals surface area contributed by atoms with Gasteiger partial charge < -0.3 is 4.74 Å². The van der Waals surface area contributed by atoms with Gasteiger partial charge in [-0.05, 0) is 52.7 Å². The fourth-order valence-electron chi connectivity index (χ4n) is 1.31. The fourth-order valence-corrected chi connectivity index (χ4v) is 1.61. The molecule has 0 spiro atoms. The average Bonchev–Trinajstić information content (AvgIpc) is 2.25. The Morgan fingerprint density at radius 2 is 2.00 bits per heavy atom. The van der Waals surface area contributed by atoms with Crippen LogP contribution in [0.5, 0.6) is 11.6 Å². The summed E-state index contributed by atoms with van der Waals surface area (Å²) in [5, 5.41) is 0. The van der Waals surface area contributed by atoms with E-state index in [-0.39, 0.29) is 11.7 Å². The maximum absolute atomic E-state index is 13.5. The monoisotopic (exact) mass is 299 g/mol. The third-order valence-electron chi connectivity index (χ3n) is 2.12. The van der Waals surface area contributed by atoms with Gasteiger partial charge in [-0.1, -0.05) is 0 Å². The van der Waals surface area contributed by atoms with Crippen LogP contribution in [0.4, 0.5) is 8.78 Å². The highest BCUT2D eigenvalue weighted by molar-refractivity contribution is 9.10. The highest BCUT2D eigenvalue weighted by Crippen LogP contribution is 2.27. The Kier molecular flexibility index (Phi) is 3.38. The van der Waals surface area contributed by atoms with Gasteiger partial charge in [-0.2, -0.15) is 0 Å². The van der Waals surface area contributed by atoms with Crippen LogP contribution in [0.25, 0.3) is 0 Å². The second-order valence-corrected chi connectivity index (χ2v) is 4.37. The Morgan fingerprint density at radius 1 is 1.24 bits per heavy atom. The lowest BCUT2D eigenvalue weighted by Crippen LogP contribution is -1.94. The van der Waals surface area contributed by atoms with Gasteiger partial charge in [0, 0.05) is 10.7 Å². The van der Waals surface area contributed by atoms with Gasteiger partial charge in [-0.3, -0.25) is 0 Å². The van der Waals surface area contributed by atoms with Crippen LogP contribution >= 0.6 is 15.9 Å². The molecule has 1 heterocycles. The molecule has 2 nitrogen and oxygen atoms in total. The van der Waals surface area contributed by atoms with Crippen molar-refractivity contribution in [2.45, 2.75) is 6.92 Å². The molecule has 2 rings (SSSR count). The normalized spacial score (nSPS) is 10.4. The fraction of sp³-hybridized carbons (Fsp3) is 0.0833. The lowest BCUT2D eigenvalue weighted by Gasteiger charge is -2.08. The van der Waals surface area contributed by atoms with Crippen molar-refractivity contribution in [1.29, 1.82) is 0 Å². The molecule has 5 heteroatoms.